The topological polar surface area (TPSA) is 96.5 Å². The van der Waals surface area contributed by atoms with Gasteiger partial charge in [-0.25, -0.2) is 0 Å². The Morgan fingerprint density at radius 2 is 1.94 bits per heavy atom. The molecular weight excluding hydrogens is 398 g/mol. The van der Waals surface area contributed by atoms with Gasteiger partial charge in [-0.2, -0.15) is 5.10 Å². The van der Waals surface area contributed by atoms with Crippen LogP contribution in [0, 0.1) is 17.0 Å². The largest absolute Gasteiger partial charge is 0.493 e. The Hall–Kier alpha value is -3.94. The summed E-state index contributed by atoms with van der Waals surface area (Å²) < 4.78 is 13.0. The number of aromatic nitrogens is 2. The summed E-state index contributed by atoms with van der Waals surface area (Å²) in [5, 5.41) is 14.9. The molecule has 8 heteroatoms. The van der Waals surface area contributed by atoms with E-state index in [2.05, 4.69) is 5.10 Å². The van der Waals surface area contributed by atoms with Gasteiger partial charge < -0.3 is 9.47 Å². The highest BCUT2D eigenvalue weighted by molar-refractivity contribution is 6.07. The van der Waals surface area contributed by atoms with Crippen LogP contribution in [0.25, 0.3) is 6.08 Å². The normalized spacial score (nSPS) is 10.9. The fraction of sp³-hybridized carbons (Fsp3) is 0.217. The van der Waals surface area contributed by atoms with Crippen LogP contribution in [-0.2, 0) is 13.2 Å². The lowest BCUT2D eigenvalue weighted by atomic mass is 10.1. The molecule has 0 aliphatic rings. The molecule has 8 nitrogen and oxygen atoms in total. The zero-order chi connectivity index (χ0) is 22.4. The lowest BCUT2D eigenvalue weighted by Gasteiger charge is -2.11. The number of carbonyl (C=O) groups excluding carboxylic acids is 1. The number of hydrogen-bond donors (Lipinski definition) is 0. The van der Waals surface area contributed by atoms with Crippen LogP contribution in [0.4, 0.5) is 5.69 Å². The molecule has 1 heterocycles. The zero-order valence-electron chi connectivity index (χ0n) is 17.6. The summed E-state index contributed by atoms with van der Waals surface area (Å²) in [5.41, 5.74) is 3.03. The average Bonchev–Trinajstić information content (AvgIpc) is 3.16. The first-order valence-corrected chi connectivity index (χ1v) is 9.72. The standard InChI is InChI=1S/C23H23N3O5/c1-4-25-16(2)20(14-24-25)21(27)11-7-17-8-12-22(23(13-17)30-3)31-15-18-5-9-19(10-6-18)26(28)29/h5-14H,4,15H2,1-3H3/b11-7+. The number of nitrogens with zero attached hydrogens (tertiary/aromatic N) is 3. The molecular formula is C23H23N3O5. The molecule has 31 heavy (non-hydrogen) atoms. The molecule has 0 aliphatic carbocycles. The average molecular weight is 421 g/mol. The molecule has 1 aromatic heterocycles. The summed E-state index contributed by atoms with van der Waals surface area (Å²) in [7, 11) is 1.54. The van der Waals surface area contributed by atoms with Gasteiger partial charge in [0, 0.05) is 24.4 Å². The second-order valence-corrected chi connectivity index (χ2v) is 6.78. The summed E-state index contributed by atoms with van der Waals surface area (Å²) in [6.07, 6.45) is 4.81. The minimum atomic E-state index is -0.443. The molecule has 0 saturated carbocycles. The van der Waals surface area contributed by atoms with E-state index in [1.54, 1.807) is 41.2 Å². The number of methoxy groups -OCH3 is 1. The summed E-state index contributed by atoms with van der Waals surface area (Å²) in [6, 6.07) is 11.5. The van der Waals surface area contributed by atoms with Crippen LogP contribution in [0.15, 0.2) is 54.7 Å². The molecule has 0 atom stereocenters. The van der Waals surface area contributed by atoms with Gasteiger partial charge in [-0.3, -0.25) is 19.6 Å². The first-order chi connectivity index (χ1) is 14.9. The molecule has 0 fully saturated rings. The van der Waals surface area contributed by atoms with Crippen LogP contribution < -0.4 is 9.47 Å². The summed E-state index contributed by atoms with van der Waals surface area (Å²) in [6.45, 7) is 4.80. The number of non-ortho nitro benzene ring substituents is 1. The SMILES string of the molecule is CCn1ncc(C(=O)/C=C/c2ccc(OCc3ccc([N+](=O)[O-])cc3)c(OC)c2)c1C. The first kappa shape index (κ1) is 21.8. The first-order valence-electron chi connectivity index (χ1n) is 9.72. The molecule has 2 aromatic carbocycles. The number of nitro benzene ring substituents is 1. The van der Waals surface area contributed by atoms with Crippen LogP contribution in [0.1, 0.15) is 34.1 Å². The van der Waals surface area contributed by atoms with E-state index in [-0.39, 0.29) is 18.1 Å². The maximum absolute atomic E-state index is 12.5. The Morgan fingerprint density at radius 1 is 1.19 bits per heavy atom. The molecule has 3 rings (SSSR count). The van der Waals surface area contributed by atoms with Crippen molar-refractivity contribution in [2.24, 2.45) is 0 Å². The van der Waals surface area contributed by atoms with E-state index in [1.807, 2.05) is 19.9 Å². The quantitative estimate of drug-likeness (QED) is 0.217. The van der Waals surface area contributed by atoms with Gasteiger partial charge in [0.25, 0.3) is 5.69 Å². The van der Waals surface area contributed by atoms with Crippen LogP contribution >= 0.6 is 0 Å². The Labute approximate surface area is 179 Å². The van der Waals surface area contributed by atoms with Crippen molar-refractivity contribution in [3.05, 3.63) is 87.2 Å². The van der Waals surface area contributed by atoms with Crippen molar-refractivity contribution in [2.45, 2.75) is 27.0 Å². The second kappa shape index (κ2) is 9.71. The maximum Gasteiger partial charge on any atom is 0.269 e. The van der Waals surface area contributed by atoms with Crippen molar-refractivity contribution in [3.8, 4) is 11.5 Å². The number of rotatable bonds is 9. The third-order valence-electron chi connectivity index (χ3n) is 4.82. The monoisotopic (exact) mass is 421 g/mol. The molecule has 0 spiro atoms. The summed E-state index contributed by atoms with van der Waals surface area (Å²) in [4.78, 5) is 22.8. The van der Waals surface area contributed by atoms with Gasteiger partial charge in [0.2, 0.25) is 0 Å². The zero-order valence-corrected chi connectivity index (χ0v) is 17.6. The van der Waals surface area contributed by atoms with Crippen molar-refractivity contribution in [1.82, 2.24) is 9.78 Å². The van der Waals surface area contributed by atoms with Crippen LogP contribution in [0.3, 0.4) is 0 Å². The molecule has 0 bridgehead atoms. The molecule has 3 aromatic rings. The Kier molecular flexibility index (Phi) is 6.81. The third kappa shape index (κ3) is 5.16. The molecule has 0 unspecified atom stereocenters. The highest BCUT2D eigenvalue weighted by Gasteiger charge is 2.11. The minimum absolute atomic E-state index is 0.0317. The van der Waals surface area contributed by atoms with E-state index >= 15 is 0 Å². The fourth-order valence-corrected chi connectivity index (χ4v) is 3.05. The van der Waals surface area contributed by atoms with Gasteiger partial charge in [-0.1, -0.05) is 12.1 Å². The van der Waals surface area contributed by atoms with Crippen molar-refractivity contribution in [3.63, 3.8) is 0 Å². The summed E-state index contributed by atoms with van der Waals surface area (Å²) in [5.74, 6) is 0.936. The number of aryl methyl sites for hydroxylation is 1. The molecule has 160 valence electrons. The lowest BCUT2D eigenvalue weighted by molar-refractivity contribution is -0.384. The van der Waals surface area contributed by atoms with Gasteiger partial charge in [-0.15, -0.1) is 0 Å². The Balaban J connectivity index is 1.69. The smallest absolute Gasteiger partial charge is 0.269 e. The third-order valence-corrected chi connectivity index (χ3v) is 4.82. The predicted octanol–water partition coefficient (Wildman–Crippen LogP) is 4.60. The number of carbonyl (C=O) groups is 1. The maximum atomic E-state index is 12.5. The highest BCUT2D eigenvalue weighted by atomic mass is 16.6. The molecule has 0 aliphatic heterocycles. The fourth-order valence-electron chi connectivity index (χ4n) is 3.05. The number of hydrogen-bond acceptors (Lipinski definition) is 6. The van der Waals surface area contributed by atoms with Crippen LogP contribution in [0.2, 0.25) is 0 Å². The Morgan fingerprint density at radius 3 is 2.55 bits per heavy atom. The summed E-state index contributed by atoms with van der Waals surface area (Å²) >= 11 is 0. The number of benzene rings is 2. The van der Waals surface area contributed by atoms with E-state index in [9.17, 15) is 14.9 Å². The molecule has 0 radical (unpaired) electrons. The molecule has 0 saturated heterocycles. The molecule has 0 N–H and O–H groups in total. The van der Waals surface area contributed by atoms with Gasteiger partial charge in [-0.05, 0) is 55.3 Å². The number of nitro groups is 1. The van der Waals surface area contributed by atoms with Crippen molar-refractivity contribution < 1.29 is 19.2 Å². The van der Waals surface area contributed by atoms with E-state index < -0.39 is 4.92 Å². The van der Waals surface area contributed by atoms with Crippen LogP contribution in [-0.4, -0.2) is 27.6 Å². The van der Waals surface area contributed by atoms with Crippen LogP contribution in [0.5, 0.6) is 11.5 Å². The van der Waals surface area contributed by atoms with Crippen molar-refractivity contribution in [1.29, 1.82) is 0 Å². The van der Waals surface area contributed by atoms with E-state index in [0.717, 1.165) is 16.8 Å². The van der Waals surface area contributed by atoms with Crippen molar-refractivity contribution in [2.75, 3.05) is 7.11 Å². The van der Waals surface area contributed by atoms with E-state index in [4.69, 9.17) is 9.47 Å². The molecule has 0 amide bonds. The Bertz CT molecular complexity index is 1120. The van der Waals surface area contributed by atoms with Gasteiger partial charge in [0.1, 0.15) is 6.61 Å². The van der Waals surface area contributed by atoms with Gasteiger partial charge in [0.05, 0.1) is 23.8 Å². The predicted molar refractivity (Wildman–Crippen MR) is 116 cm³/mol. The van der Waals surface area contributed by atoms with Gasteiger partial charge in [0.15, 0.2) is 17.3 Å². The second-order valence-electron chi connectivity index (χ2n) is 6.78. The lowest BCUT2D eigenvalue weighted by Crippen LogP contribution is -2.01. The van der Waals surface area contributed by atoms with E-state index in [0.29, 0.717) is 23.6 Å². The van der Waals surface area contributed by atoms with Gasteiger partial charge >= 0.3 is 0 Å². The highest BCUT2D eigenvalue weighted by Crippen LogP contribution is 2.29. The number of ether oxygens (including phenoxy) is 2. The minimum Gasteiger partial charge on any atom is -0.493 e. The van der Waals surface area contributed by atoms with Crippen molar-refractivity contribution >= 4 is 17.5 Å². The number of allylic oxidation sites excluding steroid dienone is 1. The van der Waals surface area contributed by atoms with E-state index in [1.165, 1.54) is 25.3 Å². The number of ketones is 1.